The Bertz CT molecular complexity index is 732. The molecule has 0 nitrogen and oxygen atoms in total. The first-order chi connectivity index (χ1) is 9.76. The molecule has 0 spiro atoms. The third-order valence-corrected chi connectivity index (χ3v) is 4.87. The Balaban J connectivity index is 1.88. The highest BCUT2D eigenvalue weighted by Crippen LogP contribution is 2.41. The molecule has 2 aromatic carbocycles. The minimum absolute atomic E-state index is 1.13. The summed E-state index contributed by atoms with van der Waals surface area (Å²) in [6.07, 6.45) is 7.08. The fourth-order valence-electron chi connectivity index (χ4n) is 3.72. The minimum Gasteiger partial charge on any atom is -0.0724 e. The fraction of sp³-hybridized carbons (Fsp3) is 0.300. The molecule has 0 fully saturated rings. The number of benzene rings is 2. The van der Waals surface area contributed by atoms with Crippen LogP contribution in [0.5, 0.6) is 0 Å². The van der Waals surface area contributed by atoms with Gasteiger partial charge in [0, 0.05) is 0 Å². The van der Waals surface area contributed by atoms with Crippen LogP contribution in [-0.4, -0.2) is 0 Å². The molecule has 0 N–H and O–H groups in total. The number of hydrogen-bond acceptors (Lipinski definition) is 0. The molecule has 2 aromatic rings. The molecule has 0 saturated heterocycles. The molecule has 4 rings (SSSR count). The monoisotopic (exact) mass is 260 g/mol. The summed E-state index contributed by atoms with van der Waals surface area (Å²) in [6.45, 7) is 4.48. The van der Waals surface area contributed by atoms with Gasteiger partial charge in [0.1, 0.15) is 0 Å². The lowest BCUT2D eigenvalue weighted by molar-refractivity contribution is 0.912. The van der Waals surface area contributed by atoms with Gasteiger partial charge in [-0.15, -0.1) is 0 Å². The Hall–Kier alpha value is -1.82. The Morgan fingerprint density at radius 1 is 0.950 bits per heavy atom. The number of rotatable bonds is 1. The third kappa shape index (κ3) is 1.67. The van der Waals surface area contributed by atoms with E-state index in [2.05, 4.69) is 50.3 Å². The van der Waals surface area contributed by atoms with E-state index in [1.165, 1.54) is 46.2 Å². The quantitative estimate of drug-likeness (QED) is 0.566. The second-order valence-electron chi connectivity index (χ2n) is 6.17. The van der Waals surface area contributed by atoms with Crippen molar-refractivity contribution in [3.63, 3.8) is 0 Å². The summed E-state index contributed by atoms with van der Waals surface area (Å²) in [6, 6.07) is 11.7. The van der Waals surface area contributed by atoms with E-state index in [1.807, 2.05) is 0 Å². The van der Waals surface area contributed by atoms with Gasteiger partial charge in [-0.1, -0.05) is 48.9 Å². The summed E-state index contributed by atoms with van der Waals surface area (Å²) in [5, 5.41) is 0. The molecule has 0 unspecified atom stereocenters. The maximum atomic E-state index is 2.41. The van der Waals surface area contributed by atoms with Gasteiger partial charge in [0.15, 0.2) is 0 Å². The van der Waals surface area contributed by atoms with E-state index in [4.69, 9.17) is 0 Å². The molecule has 0 saturated carbocycles. The molecular formula is C20H20. The van der Waals surface area contributed by atoms with Crippen molar-refractivity contribution in [2.24, 2.45) is 0 Å². The van der Waals surface area contributed by atoms with Crippen LogP contribution in [-0.2, 0) is 19.3 Å². The molecule has 0 radical (unpaired) electrons. The maximum absolute atomic E-state index is 2.41. The van der Waals surface area contributed by atoms with E-state index in [9.17, 15) is 0 Å². The fourth-order valence-corrected chi connectivity index (χ4v) is 3.72. The predicted molar refractivity (Wildman–Crippen MR) is 86.0 cm³/mol. The Morgan fingerprint density at radius 3 is 2.65 bits per heavy atom. The van der Waals surface area contributed by atoms with Gasteiger partial charge in [-0.3, -0.25) is 0 Å². The first kappa shape index (κ1) is 12.0. The highest BCUT2D eigenvalue weighted by molar-refractivity contribution is 5.81. The number of fused-ring (bicyclic) bond motifs is 5. The smallest absolute Gasteiger partial charge is 0.00104 e. The van der Waals surface area contributed by atoms with Gasteiger partial charge in [-0.05, 0) is 71.6 Å². The largest absolute Gasteiger partial charge is 0.0724 e. The highest BCUT2D eigenvalue weighted by Gasteiger charge is 2.23. The normalized spacial score (nSPS) is 15.4. The van der Waals surface area contributed by atoms with E-state index in [-0.39, 0.29) is 0 Å². The van der Waals surface area contributed by atoms with E-state index < -0.39 is 0 Å². The molecule has 0 amide bonds. The van der Waals surface area contributed by atoms with Gasteiger partial charge in [0.25, 0.3) is 0 Å². The number of hydrogen-bond donors (Lipinski definition) is 0. The topological polar surface area (TPSA) is 0 Å². The summed E-state index contributed by atoms with van der Waals surface area (Å²) < 4.78 is 0. The summed E-state index contributed by atoms with van der Waals surface area (Å²) in [7, 11) is 0. The average molecular weight is 260 g/mol. The Kier molecular flexibility index (Phi) is 2.60. The summed E-state index contributed by atoms with van der Waals surface area (Å²) in [5.41, 5.74) is 12.1. The maximum Gasteiger partial charge on any atom is -0.00104 e. The molecule has 2 aliphatic carbocycles. The molecule has 0 atom stereocenters. The van der Waals surface area contributed by atoms with Gasteiger partial charge in [-0.25, -0.2) is 0 Å². The molecule has 0 aliphatic heterocycles. The zero-order valence-electron chi connectivity index (χ0n) is 12.3. The lowest BCUT2D eigenvalue weighted by atomic mass is 9.87. The Morgan fingerprint density at radius 2 is 1.80 bits per heavy atom. The van der Waals surface area contributed by atoms with Crippen LogP contribution in [0.15, 0.2) is 35.9 Å². The van der Waals surface area contributed by atoms with Crippen LogP contribution in [0.25, 0.3) is 17.2 Å². The molecule has 0 aromatic heterocycles. The average Bonchev–Trinajstić information content (AvgIpc) is 2.84. The van der Waals surface area contributed by atoms with Crippen molar-refractivity contribution < 1.29 is 0 Å². The SMILES string of the molecule is CCc1ccc2c(c1)Cc1c-2ccc2c1CCC(C)=C2. The number of aryl methyl sites for hydroxylation is 1. The zero-order chi connectivity index (χ0) is 13.7. The molecule has 2 aliphatic rings. The molecule has 0 heterocycles. The Labute approximate surface area is 121 Å². The first-order valence-corrected chi connectivity index (χ1v) is 7.70. The van der Waals surface area contributed by atoms with Gasteiger partial charge < -0.3 is 0 Å². The van der Waals surface area contributed by atoms with E-state index in [0.29, 0.717) is 0 Å². The van der Waals surface area contributed by atoms with Gasteiger partial charge >= 0.3 is 0 Å². The lowest BCUT2D eigenvalue weighted by Gasteiger charge is -2.18. The summed E-state index contributed by atoms with van der Waals surface area (Å²) in [4.78, 5) is 0. The van der Waals surface area contributed by atoms with Crippen LogP contribution in [0.2, 0.25) is 0 Å². The van der Waals surface area contributed by atoms with Crippen molar-refractivity contribution in [3.8, 4) is 11.1 Å². The van der Waals surface area contributed by atoms with Crippen molar-refractivity contribution in [2.75, 3.05) is 0 Å². The first-order valence-electron chi connectivity index (χ1n) is 7.70. The van der Waals surface area contributed by atoms with Crippen LogP contribution in [0.4, 0.5) is 0 Å². The molecular weight excluding hydrogens is 240 g/mol. The van der Waals surface area contributed by atoms with Gasteiger partial charge in [0.2, 0.25) is 0 Å². The number of allylic oxidation sites excluding steroid dienone is 1. The van der Waals surface area contributed by atoms with E-state index in [1.54, 1.807) is 11.1 Å². The van der Waals surface area contributed by atoms with E-state index >= 15 is 0 Å². The summed E-state index contributed by atoms with van der Waals surface area (Å²) >= 11 is 0. The van der Waals surface area contributed by atoms with Crippen molar-refractivity contribution in [2.45, 2.75) is 39.5 Å². The molecule has 0 heteroatoms. The van der Waals surface area contributed by atoms with Gasteiger partial charge in [-0.2, -0.15) is 0 Å². The lowest BCUT2D eigenvalue weighted by Crippen LogP contribution is -2.02. The van der Waals surface area contributed by atoms with Crippen LogP contribution in [0, 0.1) is 0 Å². The standard InChI is InChI=1S/C20H20/c1-3-14-5-8-18-16(11-14)12-20-17-7-4-13(2)10-15(17)6-9-19(18)20/h5-6,8-11H,3-4,7,12H2,1-2H3. The molecule has 0 bridgehead atoms. The second-order valence-corrected chi connectivity index (χ2v) is 6.17. The van der Waals surface area contributed by atoms with Crippen LogP contribution in [0.1, 0.15) is 48.1 Å². The third-order valence-electron chi connectivity index (χ3n) is 4.87. The molecule has 20 heavy (non-hydrogen) atoms. The van der Waals surface area contributed by atoms with Crippen LogP contribution < -0.4 is 0 Å². The van der Waals surface area contributed by atoms with Crippen LogP contribution >= 0.6 is 0 Å². The van der Waals surface area contributed by atoms with Gasteiger partial charge in [0.05, 0.1) is 0 Å². The van der Waals surface area contributed by atoms with Crippen LogP contribution in [0.3, 0.4) is 0 Å². The van der Waals surface area contributed by atoms with Crippen molar-refractivity contribution in [1.29, 1.82) is 0 Å². The van der Waals surface area contributed by atoms with Crippen molar-refractivity contribution in [3.05, 3.63) is 63.7 Å². The molecule has 100 valence electrons. The van der Waals surface area contributed by atoms with E-state index in [0.717, 1.165) is 12.8 Å². The van der Waals surface area contributed by atoms with Crippen molar-refractivity contribution in [1.82, 2.24) is 0 Å². The predicted octanol–water partition coefficient (Wildman–Crippen LogP) is 5.17. The zero-order valence-corrected chi connectivity index (χ0v) is 12.3. The second kappa shape index (κ2) is 4.34. The van der Waals surface area contributed by atoms with Crippen molar-refractivity contribution >= 4 is 6.08 Å². The highest BCUT2D eigenvalue weighted by atomic mass is 14.3. The minimum atomic E-state index is 1.13. The summed E-state index contributed by atoms with van der Waals surface area (Å²) in [5.74, 6) is 0.